The van der Waals surface area contributed by atoms with Crippen LogP contribution in [-0.2, 0) is 0 Å². The first-order chi connectivity index (χ1) is 8.09. The molecule has 0 spiro atoms. The highest BCUT2D eigenvalue weighted by Crippen LogP contribution is 2.51. The largest absolute Gasteiger partial charge is 0.317 e. The molecule has 0 saturated carbocycles. The van der Waals surface area contributed by atoms with Crippen LogP contribution >= 0.6 is 0 Å². The first kappa shape index (κ1) is 11.8. The van der Waals surface area contributed by atoms with Crippen molar-refractivity contribution in [1.82, 2.24) is 0 Å². The van der Waals surface area contributed by atoms with Gasteiger partial charge < -0.3 is 4.48 Å². The van der Waals surface area contributed by atoms with E-state index in [0.29, 0.717) is 5.54 Å². The minimum atomic E-state index is 0.510. The molecule has 3 rings (SSSR count). The van der Waals surface area contributed by atoms with Crippen molar-refractivity contribution >= 4 is 0 Å². The number of hydrogen-bond donors (Lipinski definition) is 0. The van der Waals surface area contributed by atoms with Crippen LogP contribution < -0.4 is 0 Å². The summed E-state index contributed by atoms with van der Waals surface area (Å²) in [7, 11) is 2.55. The van der Waals surface area contributed by atoms with Gasteiger partial charge in [0.1, 0.15) is 5.54 Å². The van der Waals surface area contributed by atoms with Gasteiger partial charge in [-0.15, -0.1) is 0 Å². The Morgan fingerprint density at radius 3 is 2.88 bits per heavy atom. The van der Waals surface area contributed by atoms with Gasteiger partial charge in [-0.1, -0.05) is 12.5 Å². The lowest BCUT2D eigenvalue weighted by atomic mass is 9.72. The van der Waals surface area contributed by atoms with Crippen molar-refractivity contribution in [2.45, 2.75) is 64.3 Å². The Morgan fingerprint density at radius 1 is 1.29 bits per heavy atom. The highest BCUT2D eigenvalue weighted by Gasteiger charge is 2.54. The number of hydrogen-bond acceptors (Lipinski definition) is 0. The summed E-state index contributed by atoms with van der Waals surface area (Å²) in [6.07, 6.45) is 9.97. The highest BCUT2D eigenvalue weighted by atomic mass is 15.4. The van der Waals surface area contributed by atoms with Gasteiger partial charge in [-0.05, 0) is 44.6 Å². The molecule has 2 heterocycles. The van der Waals surface area contributed by atoms with Gasteiger partial charge >= 0.3 is 0 Å². The summed E-state index contributed by atoms with van der Waals surface area (Å²) in [5, 5.41) is 0. The fourth-order valence-corrected chi connectivity index (χ4v) is 4.88. The second-order valence-corrected chi connectivity index (χ2v) is 7.07. The number of fused-ring (bicyclic) bond motifs is 2. The molecule has 1 aliphatic carbocycles. The van der Waals surface area contributed by atoms with E-state index in [1.54, 1.807) is 0 Å². The zero-order chi connectivity index (χ0) is 12.1. The first-order valence-corrected chi connectivity index (χ1v) is 7.65. The molecule has 96 valence electrons. The molecule has 1 heteroatoms. The summed E-state index contributed by atoms with van der Waals surface area (Å²) in [5.74, 6) is 0.983. The molecule has 0 aromatic carbocycles. The summed E-state index contributed by atoms with van der Waals surface area (Å²) in [6, 6.07) is 0. The van der Waals surface area contributed by atoms with Gasteiger partial charge in [-0.3, -0.25) is 0 Å². The van der Waals surface area contributed by atoms with Crippen molar-refractivity contribution in [2.75, 3.05) is 20.1 Å². The molecule has 1 fully saturated rings. The van der Waals surface area contributed by atoms with Gasteiger partial charge in [0.15, 0.2) is 0 Å². The second-order valence-electron chi connectivity index (χ2n) is 7.07. The summed E-state index contributed by atoms with van der Waals surface area (Å²) < 4.78 is 1.35. The quantitative estimate of drug-likeness (QED) is 0.477. The lowest BCUT2D eigenvalue weighted by Crippen LogP contribution is -2.67. The average Bonchev–Trinajstić information content (AvgIpc) is 2.79. The Morgan fingerprint density at radius 2 is 2.12 bits per heavy atom. The van der Waals surface area contributed by atoms with E-state index in [1.165, 1.54) is 62.5 Å². The molecular weight excluding hydrogens is 206 g/mol. The standard InChI is InChI=1S/C16H28N/c1-4-13-8-10-16(2)15-7-5-6-14(15)9-11-17(16,3)12-13/h13H,4-12H2,1-3H3/q+1/t13?,16-,17?/m1/s1. The maximum absolute atomic E-state index is 2.58. The number of piperidine rings is 1. The van der Waals surface area contributed by atoms with E-state index in [2.05, 4.69) is 20.9 Å². The van der Waals surface area contributed by atoms with Crippen LogP contribution in [0.15, 0.2) is 11.1 Å². The smallest absolute Gasteiger partial charge is 0.118 e. The molecule has 0 N–H and O–H groups in total. The van der Waals surface area contributed by atoms with Gasteiger partial charge in [-0.2, -0.15) is 0 Å². The summed E-state index contributed by atoms with van der Waals surface area (Å²) in [4.78, 5) is 0. The SMILES string of the molecule is CCC1CC[C@]2(C)C3=C(CCC3)CC[N+]2(C)C1. The topological polar surface area (TPSA) is 0 Å². The van der Waals surface area contributed by atoms with E-state index in [9.17, 15) is 0 Å². The summed E-state index contributed by atoms with van der Waals surface area (Å²) >= 11 is 0. The van der Waals surface area contributed by atoms with Crippen molar-refractivity contribution in [3.63, 3.8) is 0 Å². The number of quaternary nitrogens is 1. The molecule has 0 bridgehead atoms. The zero-order valence-corrected chi connectivity index (χ0v) is 11.9. The van der Waals surface area contributed by atoms with E-state index < -0.39 is 0 Å². The second kappa shape index (κ2) is 3.85. The third-order valence-corrected chi connectivity index (χ3v) is 6.36. The zero-order valence-electron chi connectivity index (χ0n) is 11.9. The van der Waals surface area contributed by atoms with Crippen LogP contribution in [0.1, 0.15) is 58.8 Å². The van der Waals surface area contributed by atoms with Crippen LogP contribution in [0.4, 0.5) is 0 Å². The maximum Gasteiger partial charge on any atom is 0.118 e. The van der Waals surface area contributed by atoms with Crippen LogP contribution in [0.5, 0.6) is 0 Å². The molecule has 2 aliphatic heterocycles. The van der Waals surface area contributed by atoms with Crippen LogP contribution in [0.2, 0.25) is 0 Å². The van der Waals surface area contributed by atoms with Gasteiger partial charge in [0, 0.05) is 18.8 Å². The van der Waals surface area contributed by atoms with E-state index in [4.69, 9.17) is 0 Å². The van der Waals surface area contributed by atoms with E-state index in [-0.39, 0.29) is 0 Å². The van der Waals surface area contributed by atoms with Crippen LogP contribution in [-0.4, -0.2) is 30.2 Å². The number of nitrogens with zero attached hydrogens (tertiary/aromatic N) is 1. The highest BCUT2D eigenvalue weighted by molar-refractivity contribution is 5.30. The van der Waals surface area contributed by atoms with E-state index in [1.807, 2.05) is 11.1 Å². The van der Waals surface area contributed by atoms with Crippen molar-refractivity contribution in [1.29, 1.82) is 0 Å². The van der Waals surface area contributed by atoms with Crippen LogP contribution in [0.25, 0.3) is 0 Å². The molecule has 2 unspecified atom stereocenters. The lowest BCUT2D eigenvalue weighted by Gasteiger charge is -2.57. The monoisotopic (exact) mass is 234 g/mol. The lowest BCUT2D eigenvalue weighted by molar-refractivity contribution is -0.961. The number of likely N-dealkylation sites (N-methyl/N-ethyl adjacent to an activating group) is 1. The third-order valence-electron chi connectivity index (χ3n) is 6.36. The molecule has 0 aromatic rings. The van der Waals surface area contributed by atoms with Gasteiger partial charge in [-0.25, -0.2) is 0 Å². The van der Waals surface area contributed by atoms with Crippen LogP contribution in [0.3, 0.4) is 0 Å². The fourth-order valence-electron chi connectivity index (χ4n) is 4.88. The predicted octanol–water partition coefficient (Wildman–Crippen LogP) is 3.90. The Bertz CT molecular complexity index is 357. The maximum atomic E-state index is 2.58. The van der Waals surface area contributed by atoms with Gasteiger partial charge in [0.05, 0.1) is 20.1 Å². The van der Waals surface area contributed by atoms with E-state index >= 15 is 0 Å². The Balaban J connectivity index is 1.96. The van der Waals surface area contributed by atoms with Crippen molar-refractivity contribution in [3.8, 4) is 0 Å². The van der Waals surface area contributed by atoms with Crippen molar-refractivity contribution < 1.29 is 4.48 Å². The summed E-state index contributed by atoms with van der Waals surface area (Å²) in [6.45, 7) is 7.80. The van der Waals surface area contributed by atoms with Crippen molar-refractivity contribution in [2.24, 2.45) is 5.92 Å². The Kier molecular flexibility index (Phi) is 2.66. The normalized spacial score (nSPS) is 45.7. The molecule has 1 nitrogen and oxygen atoms in total. The summed E-state index contributed by atoms with van der Waals surface area (Å²) in [5.41, 5.74) is 4.26. The third kappa shape index (κ3) is 1.54. The molecule has 0 amide bonds. The molecule has 3 atom stereocenters. The molecule has 17 heavy (non-hydrogen) atoms. The van der Waals surface area contributed by atoms with Gasteiger partial charge in [0.25, 0.3) is 0 Å². The molecule has 1 saturated heterocycles. The average molecular weight is 234 g/mol. The first-order valence-electron chi connectivity index (χ1n) is 7.65. The van der Waals surface area contributed by atoms with Crippen molar-refractivity contribution in [3.05, 3.63) is 11.1 Å². The van der Waals surface area contributed by atoms with Crippen LogP contribution in [0, 0.1) is 5.92 Å². The fraction of sp³-hybridized carbons (Fsp3) is 0.875. The van der Waals surface area contributed by atoms with Gasteiger partial charge in [0.2, 0.25) is 0 Å². The minimum absolute atomic E-state index is 0.510. The molecular formula is C16H28N+. The number of rotatable bonds is 1. The molecule has 3 aliphatic rings. The Labute approximate surface area is 106 Å². The minimum Gasteiger partial charge on any atom is -0.317 e. The van der Waals surface area contributed by atoms with E-state index in [0.717, 1.165) is 5.92 Å². The molecule has 0 radical (unpaired) electrons. The molecule has 0 aromatic heterocycles. The predicted molar refractivity (Wildman–Crippen MR) is 72.8 cm³/mol. The Hall–Kier alpha value is -0.300.